The Bertz CT molecular complexity index is 2650. The van der Waals surface area contributed by atoms with Gasteiger partial charge in [-0.25, -0.2) is 4.79 Å². The molecule has 0 spiro atoms. The molecule has 0 saturated carbocycles. The number of hydrogen-bond acceptors (Lipinski definition) is 30. The Morgan fingerprint density at radius 3 is 1.56 bits per heavy atom. The lowest BCUT2D eigenvalue weighted by atomic mass is 9.80. The van der Waals surface area contributed by atoms with Crippen LogP contribution in [0.2, 0.25) is 0 Å². The zero-order chi connectivity index (χ0) is 65.6. The van der Waals surface area contributed by atoms with Crippen LogP contribution in [0.25, 0.3) is 0 Å². The van der Waals surface area contributed by atoms with Crippen LogP contribution in [-0.4, -0.2) is 202 Å². The Morgan fingerprint density at radius 2 is 1.06 bits per heavy atom. The normalized spacial score (nSPS) is 32.6. The Kier molecular flexibility index (Phi) is 25.8. The first-order valence-electron chi connectivity index (χ1n) is 28.3. The van der Waals surface area contributed by atoms with E-state index in [2.05, 4.69) is 5.32 Å². The second-order valence-electron chi connectivity index (χ2n) is 21.4. The van der Waals surface area contributed by atoms with E-state index < -0.39 is 213 Å². The van der Waals surface area contributed by atoms with Crippen LogP contribution >= 0.6 is 0 Å². The molecule has 5 rings (SSSR count). The van der Waals surface area contributed by atoms with E-state index in [1.165, 1.54) is 38.1 Å². The van der Waals surface area contributed by atoms with Gasteiger partial charge in [-0.1, -0.05) is 20.8 Å². The maximum absolute atomic E-state index is 14.7. The van der Waals surface area contributed by atoms with Gasteiger partial charge in [-0.15, -0.1) is 0 Å². The van der Waals surface area contributed by atoms with E-state index in [1.807, 2.05) is 0 Å². The van der Waals surface area contributed by atoms with E-state index in [-0.39, 0.29) is 12.2 Å². The number of esters is 10. The molecule has 1 aromatic rings. The molecular weight excluding hydrogens is 1180 g/mol. The molecule has 492 valence electrons. The van der Waals surface area contributed by atoms with Crippen molar-refractivity contribution in [2.75, 3.05) is 26.1 Å². The van der Waals surface area contributed by atoms with Crippen molar-refractivity contribution in [1.29, 1.82) is 0 Å². The van der Waals surface area contributed by atoms with E-state index in [0.29, 0.717) is 5.69 Å². The number of anilines is 1. The van der Waals surface area contributed by atoms with E-state index in [9.17, 15) is 52.7 Å². The van der Waals surface area contributed by atoms with E-state index in [0.717, 1.165) is 69.4 Å². The monoisotopic (exact) mass is 1260 g/mol. The summed E-state index contributed by atoms with van der Waals surface area (Å²) in [6.45, 7) is 15.4. The van der Waals surface area contributed by atoms with Crippen molar-refractivity contribution in [3.63, 3.8) is 0 Å². The molecule has 4 fully saturated rings. The maximum Gasteiger partial charge on any atom is 0.366 e. The first kappa shape index (κ1) is 71.5. The fourth-order valence-electron chi connectivity index (χ4n) is 10.8. The molecule has 19 unspecified atom stereocenters. The fourth-order valence-corrected chi connectivity index (χ4v) is 10.8. The number of nitrogen functional groups attached to an aromatic ring is 1. The summed E-state index contributed by atoms with van der Waals surface area (Å²) in [6, 6.07) is 4.20. The Hall–Kier alpha value is -7.29. The van der Waals surface area contributed by atoms with E-state index in [4.69, 9.17) is 91.0 Å². The van der Waals surface area contributed by atoms with Crippen LogP contribution in [-0.2, 0) is 133 Å². The zero-order valence-electron chi connectivity index (χ0n) is 51.6. The highest BCUT2D eigenvalue weighted by molar-refractivity contribution is 5.78. The smallest absolute Gasteiger partial charge is 0.366 e. The van der Waals surface area contributed by atoms with Gasteiger partial charge in [-0.05, 0) is 37.6 Å². The van der Waals surface area contributed by atoms with Crippen molar-refractivity contribution in [2.45, 2.75) is 226 Å². The van der Waals surface area contributed by atoms with Crippen LogP contribution in [0.1, 0.15) is 110 Å². The van der Waals surface area contributed by atoms with Crippen LogP contribution in [0.15, 0.2) is 24.3 Å². The first-order valence-corrected chi connectivity index (χ1v) is 28.3. The van der Waals surface area contributed by atoms with Crippen LogP contribution in [0.5, 0.6) is 5.75 Å². The summed E-state index contributed by atoms with van der Waals surface area (Å²) < 4.78 is 110. The number of carbonyl (C=O) groups excluding carboxylic acids is 11. The van der Waals surface area contributed by atoms with Gasteiger partial charge in [0.25, 0.3) is 5.79 Å². The van der Waals surface area contributed by atoms with Gasteiger partial charge in [0.15, 0.2) is 43.1 Å². The molecule has 0 bridgehead atoms. The molecule has 3 N–H and O–H groups in total. The van der Waals surface area contributed by atoms with Crippen molar-refractivity contribution in [3.8, 4) is 5.75 Å². The third-order valence-corrected chi connectivity index (χ3v) is 14.3. The molecule has 1 amide bonds. The molecule has 4 aliphatic heterocycles. The molecular formula is C57H80N2O29. The Labute approximate surface area is 507 Å². The third kappa shape index (κ3) is 19.1. The van der Waals surface area contributed by atoms with E-state index in [1.54, 1.807) is 20.8 Å². The topological polar surface area (TPSA) is 392 Å². The number of carbonyl (C=O) groups is 11. The molecule has 1 aromatic carbocycles. The molecule has 4 aliphatic rings. The van der Waals surface area contributed by atoms with Gasteiger partial charge in [0.2, 0.25) is 12.2 Å². The molecule has 0 radical (unpaired) electrons. The maximum atomic E-state index is 14.7. The summed E-state index contributed by atoms with van der Waals surface area (Å²) in [5.74, 6) is -14.5. The lowest BCUT2D eigenvalue weighted by molar-refractivity contribution is -0.390. The Morgan fingerprint density at radius 1 is 0.580 bits per heavy atom. The summed E-state index contributed by atoms with van der Waals surface area (Å²) in [7, 11) is 0.976. The highest BCUT2D eigenvalue weighted by atomic mass is 16.8. The fraction of sp³-hybridized carbons (Fsp3) is 0.702. The minimum atomic E-state index is -2.77. The minimum absolute atomic E-state index is 0.0803. The number of ether oxygens (including phenoxy) is 18. The summed E-state index contributed by atoms with van der Waals surface area (Å²) in [5, 5.41) is 2.72. The average molecular weight is 1260 g/mol. The highest BCUT2D eigenvalue weighted by Crippen LogP contribution is 2.45. The van der Waals surface area contributed by atoms with Crippen molar-refractivity contribution >= 4 is 71.3 Å². The number of amides is 1. The number of benzene rings is 1. The lowest BCUT2D eigenvalue weighted by Crippen LogP contribution is -2.71. The summed E-state index contributed by atoms with van der Waals surface area (Å²) in [4.78, 5) is 145. The van der Waals surface area contributed by atoms with Crippen LogP contribution in [0, 0.1) is 11.8 Å². The molecule has 21 atom stereocenters. The molecule has 31 heteroatoms. The summed E-state index contributed by atoms with van der Waals surface area (Å²) in [6.07, 6.45) is -29.2. The second kappa shape index (κ2) is 31.8. The number of hydrogen-bond donors (Lipinski definition) is 2. The second-order valence-corrected chi connectivity index (χ2v) is 21.4. The first-order chi connectivity index (χ1) is 41.3. The standard InChI is InChI=1S/C57H80N2O29/c1-16-39(75-30(8)63)24(2)44-25(3)40(76-31(9)64)21-57(87-44,56(70)71-15)88-50-47(78-33(11)66)42(23-73-29(7)62)84-55(52(50)81-36(14)69)85-46-41(22-72-28(6)61)83-53(82-38-19-17-37(58)18-20-38)43(59-27(5)60)48(46)86-54-51(80-35(13)68)49(79-34(12)67)45(26(4)74-54)77-32(10)65/h17-20,24-26,39-55H,16,21-23,58H2,1-15H3,(H,59,60)/t24-,25?,26?,39-,40?,41?,42?,43?,44?,45?,46?,47?,48?,49?,50?,51?,52?,53?,54?,55?,57?/m1/s1. The van der Waals surface area contributed by atoms with Crippen LogP contribution < -0.4 is 15.8 Å². The molecule has 88 heavy (non-hydrogen) atoms. The van der Waals surface area contributed by atoms with Gasteiger partial charge < -0.3 is 96.3 Å². The zero-order valence-corrected chi connectivity index (χ0v) is 51.6. The van der Waals surface area contributed by atoms with Crippen molar-refractivity contribution < 1.29 is 138 Å². The number of methoxy groups -OCH3 is 1. The van der Waals surface area contributed by atoms with Crippen molar-refractivity contribution in [3.05, 3.63) is 24.3 Å². The highest BCUT2D eigenvalue weighted by Gasteiger charge is 2.63. The average Bonchev–Trinajstić information content (AvgIpc) is 1.49. The van der Waals surface area contributed by atoms with Gasteiger partial charge in [-0.3, -0.25) is 47.9 Å². The Balaban J connectivity index is 1.83. The number of rotatable bonds is 24. The van der Waals surface area contributed by atoms with Gasteiger partial charge in [-0.2, -0.15) is 0 Å². The SMILES string of the molecule is CC[C@@H](OC(C)=O)[C@@H](C)C1OC(OC2C(OC(C)=O)C(COC(C)=O)OC(OC3C(COC(C)=O)OC(Oc4ccc(N)cc4)C(NC(C)=O)C3OC3OC(C)C(OC(C)=O)C(OC(C)=O)C3OC(C)=O)C2OC(C)=O)(C(=O)OC)CC(OC(C)=O)C1C. The summed E-state index contributed by atoms with van der Waals surface area (Å²) >= 11 is 0. The minimum Gasteiger partial charge on any atom is -0.465 e. The van der Waals surface area contributed by atoms with Crippen molar-refractivity contribution in [2.24, 2.45) is 11.8 Å². The largest absolute Gasteiger partial charge is 0.465 e. The van der Waals surface area contributed by atoms with E-state index >= 15 is 0 Å². The predicted molar refractivity (Wildman–Crippen MR) is 290 cm³/mol. The van der Waals surface area contributed by atoms with Gasteiger partial charge in [0.05, 0.1) is 25.7 Å². The lowest BCUT2D eigenvalue weighted by Gasteiger charge is -2.53. The quantitative estimate of drug-likeness (QED) is 0.0841. The molecule has 4 saturated heterocycles. The van der Waals surface area contributed by atoms with Gasteiger partial charge >= 0.3 is 59.7 Å². The predicted octanol–water partition coefficient (Wildman–Crippen LogP) is 1.49. The van der Waals surface area contributed by atoms with Gasteiger partial charge in [0.1, 0.15) is 67.7 Å². The van der Waals surface area contributed by atoms with Crippen LogP contribution in [0.4, 0.5) is 5.69 Å². The molecule has 31 nitrogen and oxygen atoms in total. The third-order valence-electron chi connectivity index (χ3n) is 14.3. The van der Waals surface area contributed by atoms with Crippen molar-refractivity contribution in [1.82, 2.24) is 5.32 Å². The molecule has 4 heterocycles. The molecule has 0 aliphatic carbocycles. The summed E-state index contributed by atoms with van der Waals surface area (Å²) in [5.41, 5.74) is 6.31. The number of nitrogens with one attached hydrogen (secondary N) is 1. The van der Waals surface area contributed by atoms with Gasteiger partial charge in [0, 0.05) is 86.8 Å². The van der Waals surface area contributed by atoms with Crippen LogP contribution in [0.3, 0.4) is 0 Å². The number of nitrogens with two attached hydrogens (primary N) is 1. The molecule has 0 aromatic heterocycles.